The van der Waals surface area contributed by atoms with Crippen LogP contribution in [0.15, 0.2) is 249 Å². The zero-order chi connectivity index (χ0) is 49.0. The predicted octanol–water partition coefficient (Wildman–Crippen LogP) is 15.3. The Kier molecular flexibility index (Phi) is 10.3. The van der Waals surface area contributed by atoms with Gasteiger partial charge in [0.25, 0.3) is 0 Å². The van der Waals surface area contributed by atoms with Crippen LogP contribution in [0.3, 0.4) is 0 Å². The van der Waals surface area contributed by atoms with E-state index in [1.165, 1.54) is 10.8 Å². The number of benzene rings is 9. The molecule has 5 aromatic heterocycles. The molecule has 0 atom stereocenters. The van der Waals surface area contributed by atoms with Crippen LogP contribution in [0.25, 0.3) is 135 Å². The first kappa shape index (κ1) is 42.6. The molecule has 0 saturated carbocycles. The Morgan fingerprint density at radius 2 is 0.730 bits per heavy atom. The van der Waals surface area contributed by atoms with Gasteiger partial charge in [0.1, 0.15) is 0 Å². The molecule has 14 rings (SSSR count). The molecule has 0 saturated heterocycles. The van der Waals surface area contributed by atoms with E-state index in [-0.39, 0.29) is 0 Å². The van der Waals surface area contributed by atoms with E-state index in [1.807, 2.05) is 140 Å². The molecule has 14 aromatic rings. The lowest BCUT2D eigenvalue weighted by atomic mass is 9.96. The topological polar surface area (TPSA) is 100 Å². The van der Waals surface area contributed by atoms with Crippen molar-refractivity contribution in [3.8, 4) is 91.0 Å². The molecule has 74 heavy (non-hydrogen) atoms. The van der Waals surface area contributed by atoms with E-state index in [0.717, 1.165) is 77.6 Å². The van der Waals surface area contributed by atoms with Crippen molar-refractivity contribution < 1.29 is 0 Å². The van der Waals surface area contributed by atoms with Crippen LogP contribution in [0.4, 0.5) is 0 Å². The first-order valence-corrected chi connectivity index (χ1v) is 24.6. The second kappa shape index (κ2) is 17.9. The first-order valence-electron chi connectivity index (χ1n) is 24.6. The molecule has 9 heteroatoms. The fourth-order valence-corrected chi connectivity index (χ4v) is 10.4. The molecule has 0 N–H and O–H groups in total. The maximum atomic E-state index is 5.35. The number of fused-ring (bicyclic) bond motifs is 7. The van der Waals surface area contributed by atoms with Crippen molar-refractivity contribution >= 4 is 43.6 Å². The molecule has 0 fully saturated rings. The molecule has 0 aliphatic rings. The predicted molar refractivity (Wildman–Crippen MR) is 298 cm³/mol. The maximum absolute atomic E-state index is 5.35. The number of aromatic nitrogens is 9. The van der Waals surface area contributed by atoms with Crippen LogP contribution in [0.1, 0.15) is 0 Å². The summed E-state index contributed by atoms with van der Waals surface area (Å²) in [5.74, 6) is 3.17. The Bertz CT molecular complexity index is 4290. The lowest BCUT2D eigenvalue weighted by Gasteiger charge is -2.19. The second-order valence-electron chi connectivity index (χ2n) is 18.1. The van der Waals surface area contributed by atoms with E-state index in [4.69, 9.17) is 34.9 Å². The first-order chi connectivity index (χ1) is 36.7. The summed E-state index contributed by atoms with van der Waals surface area (Å²) in [5.41, 5.74) is 12.7. The van der Waals surface area contributed by atoms with E-state index >= 15 is 0 Å². The monoisotopic (exact) mass is 947 g/mol. The van der Waals surface area contributed by atoms with Crippen LogP contribution < -0.4 is 0 Å². The van der Waals surface area contributed by atoms with Gasteiger partial charge in [-0.1, -0.05) is 194 Å². The molecule has 0 amide bonds. The van der Waals surface area contributed by atoms with Crippen LogP contribution in [0, 0.1) is 0 Å². The van der Waals surface area contributed by atoms with Gasteiger partial charge in [0.05, 0.1) is 33.4 Å². The van der Waals surface area contributed by atoms with Gasteiger partial charge in [-0.15, -0.1) is 0 Å². The molecular formula is C65H41N9. The van der Waals surface area contributed by atoms with Crippen LogP contribution in [-0.2, 0) is 0 Å². The summed E-state index contributed by atoms with van der Waals surface area (Å²) in [6, 6.07) is 83.2. The summed E-state index contributed by atoms with van der Waals surface area (Å²) in [7, 11) is 0. The average Bonchev–Trinajstić information content (AvgIpc) is 4.07. The number of pyridine rings is 1. The van der Waals surface area contributed by atoms with Crippen LogP contribution in [0.2, 0.25) is 0 Å². The Labute approximate surface area is 425 Å². The van der Waals surface area contributed by atoms with Crippen molar-refractivity contribution in [3.63, 3.8) is 0 Å². The lowest BCUT2D eigenvalue weighted by Crippen LogP contribution is -2.06. The molecule has 0 radical (unpaired) electrons. The molecule has 9 aromatic carbocycles. The average molecular weight is 948 g/mol. The van der Waals surface area contributed by atoms with Gasteiger partial charge in [-0.05, 0) is 48.5 Å². The van der Waals surface area contributed by atoms with Gasteiger partial charge in [-0.3, -0.25) is 4.98 Å². The highest BCUT2D eigenvalue weighted by Crippen LogP contribution is 2.46. The van der Waals surface area contributed by atoms with Crippen LogP contribution in [-0.4, -0.2) is 44.0 Å². The van der Waals surface area contributed by atoms with Gasteiger partial charge < -0.3 is 9.13 Å². The zero-order valence-corrected chi connectivity index (χ0v) is 39.7. The molecule has 5 heterocycles. The van der Waals surface area contributed by atoms with Crippen LogP contribution in [0.5, 0.6) is 0 Å². The molecule has 0 aliphatic carbocycles. The second-order valence-corrected chi connectivity index (χ2v) is 18.1. The minimum atomic E-state index is 0.475. The standard InChI is InChI=1S/C65H41N9/c1-6-22-42(23-7-1)60-67-61(43-24-8-2-9-25-43)70-64(69-60)50-34-20-38-54(56(50)58-51(35-21-41-66-58)65-71-62(44-26-10-3-11-27-44)68-63(72-65)45-28-12-4-13-29-45)74-53-37-19-17-33-49(53)57-55(74)40-39-48-47-32-16-18-36-52(47)73(59(48)57)46-30-14-5-15-31-46/h1-41H. The van der Waals surface area contributed by atoms with Gasteiger partial charge in [-0.25, -0.2) is 29.9 Å². The Morgan fingerprint density at radius 1 is 0.284 bits per heavy atom. The van der Waals surface area contributed by atoms with Crippen molar-refractivity contribution in [2.24, 2.45) is 0 Å². The Hall–Kier alpha value is -10.3. The van der Waals surface area contributed by atoms with E-state index in [2.05, 4.69) is 118 Å². The van der Waals surface area contributed by atoms with Gasteiger partial charge in [-0.2, -0.15) is 0 Å². The molecule has 0 aliphatic heterocycles. The Balaban J connectivity index is 1.11. The van der Waals surface area contributed by atoms with E-state index in [9.17, 15) is 0 Å². The van der Waals surface area contributed by atoms with E-state index in [0.29, 0.717) is 46.2 Å². The summed E-state index contributed by atoms with van der Waals surface area (Å²) in [4.78, 5) is 36.8. The number of hydrogen-bond acceptors (Lipinski definition) is 7. The number of nitrogens with zero attached hydrogens (tertiary/aromatic N) is 9. The third-order valence-corrected chi connectivity index (χ3v) is 13.7. The van der Waals surface area contributed by atoms with Crippen molar-refractivity contribution in [2.45, 2.75) is 0 Å². The highest BCUT2D eigenvalue weighted by Gasteiger charge is 2.27. The quantitative estimate of drug-likeness (QED) is 0.142. The van der Waals surface area contributed by atoms with Crippen molar-refractivity contribution in [1.82, 2.24) is 44.0 Å². The summed E-state index contributed by atoms with van der Waals surface area (Å²) >= 11 is 0. The van der Waals surface area contributed by atoms with Crippen molar-refractivity contribution in [1.29, 1.82) is 0 Å². The third kappa shape index (κ3) is 7.21. The number of hydrogen-bond donors (Lipinski definition) is 0. The fourth-order valence-electron chi connectivity index (χ4n) is 10.4. The van der Waals surface area contributed by atoms with Gasteiger partial charge in [0, 0.05) is 72.4 Å². The van der Waals surface area contributed by atoms with Crippen molar-refractivity contribution in [2.75, 3.05) is 0 Å². The molecule has 9 nitrogen and oxygen atoms in total. The minimum absolute atomic E-state index is 0.475. The van der Waals surface area contributed by atoms with Crippen molar-refractivity contribution in [3.05, 3.63) is 249 Å². The van der Waals surface area contributed by atoms with E-state index in [1.54, 1.807) is 0 Å². The highest BCUT2D eigenvalue weighted by atomic mass is 15.1. The molecular weight excluding hydrogens is 907 g/mol. The fraction of sp³-hybridized carbons (Fsp3) is 0. The highest BCUT2D eigenvalue weighted by molar-refractivity contribution is 6.26. The SMILES string of the molecule is c1ccc(-c2nc(-c3ccccc3)nc(-c3cccnc3-c3c(-c4nc(-c5ccccc5)nc(-c5ccccc5)n4)cccc3-n3c4ccccc4c4c3ccc3c5ccccc5n(-c5ccccc5)c34)n2)cc1. The maximum Gasteiger partial charge on any atom is 0.166 e. The van der Waals surface area contributed by atoms with Crippen LogP contribution >= 0.6 is 0 Å². The molecule has 0 spiro atoms. The summed E-state index contributed by atoms with van der Waals surface area (Å²) in [6.45, 7) is 0. The largest absolute Gasteiger partial charge is 0.309 e. The normalized spacial score (nSPS) is 11.5. The third-order valence-electron chi connectivity index (χ3n) is 13.7. The zero-order valence-electron chi connectivity index (χ0n) is 39.7. The number of rotatable bonds is 9. The lowest BCUT2D eigenvalue weighted by molar-refractivity contribution is 1.06. The smallest absolute Gasteiger partial charge is 0.166 e. The molecule has 346 valence electrons. The van der Waals surface area contributed by atoms with Gasteiger partial charge >= 0.3 is 0 Å². The van der Waals surface area contributed by atoms with Gasteiger partial charge in [0.2, 0.25) is 0 Å². The molecule has 0 unspecified atom stereocenters. The molecule has 0 bridgehead atoms. The van der Waals surface area contributed by atoms with E-state index < -0.39 is 0 Å². The summed E-state index contributed by atoms with van der Waals surface area (Å²) in [6.07, 6.45) is 1.84. The summed E-state index contributed by atoms with van der Waals surface area (Å²) in [5, 5.41) is 4.60. The number of para-hydroxylation sites is 3. The minimum Gasteiger partial charge on any atom is -0.309 e. The Morgan fingerprint density at radius 3 is 1.28 bits per heavy atom. The van der Waals surface area contributed by atoms with Gasteiger partial charge in [0.15, 0.2) is 34.9 Å². The summed E-state index contributed by atoms with van der Waals surface area (Å²) < 4.78 is 4.79.